The molecule has 3 aromatic rings. The number of benzene rings is 1. The van der Waals surface area contributed by atoms with E-state index in [9.17, 15) is 4.79 Å². The molecule has 1 aromatic carbocycles. The highest BCUT2D eigenvalue weighted by molar-refractivity contribution is 7.17. The molecule has 0 bridgehead atoms. The topological polar surface area (TPSA) is 34.9 Å². The Hall–Kier alpha value is -1.91. The van der Waals surface area contributed by atoms with E-state index in [-0.39, 0.29) is 5.56 Å². The highest BCUT2D eigenvalue weighted by atomic mass is 35.5. The van der Waals surface area contributed by atoms with Crippen molar-refractivity contribution < 1.29 is 0 Å². The fourth-order valence-corrected chi connectivity index (χ4v) is 3.24. The van der Waals surface area contributed by atoms with Gasteiger partial charge in [-0.25, -0.2) is 4.98 Å². The molecule has 2 aromatic heterocycles. The van der Waals surface area contributed by atoms with E-state index in [1.54, 1.807) is 17.0 Å². The Kier molecular flexibility index (Phi) is 3.42. The average molecular weight is 303 g/mol. The number of hydrogen-bond acceptors (Lipinski definition) is 3. The smallest absolute Gasteiger partial charge is 0.271 e. The van der Waals surface area contributed by atoms with Crippen molar-refractivity contribution in [3.63, 3.8) is 0 Å². The van der Waals surface area contributed by atoms with Gasteiger partial charge in [-0.3, -0.25) is 9.36 Å². The second-order valence-electron chi connectivity index (χ2n) is 4.33. The molecule has 0 spiro atoms. The van der Waals surface area contributed by atoms with Gasteiger partial charge < -0.3 is 0 Å². The van der Waals surface area contributed by atoms with Crippen LogP contribution in [0.3, 0.4) is 0 Å². The van der Waals surface area contributed by atoms with Gasteiger partial charge in [0.05, 0.1) is 11.8 Å². The zero-order chi connectivity index (χ0) is 14.1. The second kappa shape index (κ2) is 5.23. The Morgan fingerprint density at radius 2 is 2.30 bits per heavy atom. The summed E-state index contributed by atoms with van der Waals surface area (Å²) in [6.07, 6.45) is 3.24. The fourth-order valence-electron chi connectivity index (χ4n) is 2.07. The van der Waals surface area contributed by atoms with E-state index < -0.39 is 0 Å². The third-order valence-corrected chi connectivity index (χ3v) is 4.20. The molecular formula is C15H11ClN2OS. The third kappa shape index (κ3) is 2.17. The Labute approximate surface area is 124 Å². The van der Waals surface area contributed by atoms with Crippen molar-refractivity contribution in [2.75, 3.05) is 0 Å². The Morgan fingerprint density at radius 3 is 3.05 bits per heavy atom. The molecule has 100 valence electrons. The van der Waals surface area contributed by atoms with Gasteiger partial charge in [0.2, 0.25) is 0 Å². The van der Waals surface area contributed by atoms with Crippen LogP contribution in [-0.2, 0) is 6.54 Å². The largest absolute Gasteiger partial charge is 0.294 e. The number of aromatic nitrogens is 2. The summed E-state index contributed by atoms with van der Waals surface area (Å²) in [4.78, 5) is 16.7. The molecule has 0 N–H and O–H groups in total. The lowest BCUT2D eigenvalue weighted by Crippen LogP contribution is -2.18. The Bertz CT molecular complexity index is 850. The van der Waals surface area contributed by atoms with Gasteiger partial charge in [-0.1, -0.05) is 29.8 Å². The molecule has 0 saturated heterocycles. The van der Waals surface area contributed by atoms with E-state index in [0.717, 1.165) is 16.6 Å². The molecule has 0 aliphatic heterocycles. The van der Waals surface area contributed by atoms with Crippen LogP contribution in [0.15, 0.2) is 53.4 Å². The summed E-state index contributed by atoms with van der Waals surface area (Å²) in [6, 6.07) is 7.55. The van der Waals surface area contributed by atoms with E-state index in [4.69, 9.17) is 11.6 Å². The standard InChI is InChI=1S/C15H11ClN2OS/c1-2-6-18-9-17-13-12(8-20-14(13)15(18)19)10-4-3-5-11(16)7-10/h2-5,7-9H,1,6H2. The number of thiophene rings is 1. The number of hydrogen-bond donors (Lipinski definition) is 0. The first-order valence-corrected chi connectivity index (χ1v) is 7.30. The first-order valence-electron chi connectivity index (χ1n) is 6.04. The van der Waals surface area contributed by atoms with Crippen LogP contribution < -0.4 is 5.56 Å². The van der Waals surface area contributed by atoms with Crippen molar-refractivity contribution in [2.24, 2.45) is 0 Å². The molecule has 2 heterocycles. The lowest BCUT2D eigenvalue weighted by Gasteiger charge is -2.02. The van der Waals surface area contributed by atoms with Crippen molar-refractivity contribution in [1.29, 1.82) is 0 Å². The zero-order valence-corrected chi connectivity index (χ0v) is 12.1. The molecule has 0 radical (unpaired) electrons. The highest BCUT2D eigenvalue weighted by Crippen LogP contribution is 2.31. The summed E-state index contributed by atoms with van der Waals surface area (Å²) in [5.41, 5.74) is 2.60. The third-order valence-electron chi connectivity index (χ3n) is 3.01. The van der Waals surface area contributed by atoms with Crippen molar-refractivity contribution in [3.05, 3.63) is 64.0 Å². The summed E-state index contributed by atoms with van der Waals surface area (Å²) < 4.78 is 2.21. The molecule has 0 aliphatic carbocycles. The Balaban J connectivity index is 2.22. The van der Waals surface area contributed by atoms with Crippen LogP contribution in [0.5, 0.6) is 0 Å². The Morgan fingerprint density at radius 1 is 1.45 bits per heavy atom. The predicted molar refractivity (Wildman–Crippen MR) is 84.5 cm³/mol. The van der Waals surface area contributed by atoms with Crippen LogP contribution in [0.4, 0.5) is 0 Å². The molecule has 0 atom stereocenters. The van der Waals surface area contributed by atoms with Gasteiger partial charge in [0.1, 0.15) is 4.70 Å². The van der Waals surface area contributed by atoms with Crippen molar-refractivity contribution in [3.8, 4) is 11.1 Å². The maximum absolute atomic E-state index is 12.3. The second-order valence-corrected chi connectivity index (χ2v) is 5.64. The molecule has 5 heteroatoms. The lowest BCUT2D eigenvalue weighted by atomic mass is 10.1. The normalized spacial score (nSPS) is 10.8. The average Bonchev–Trinajstić information content (AvgIpc) is 2.87. The minimum atomic E-state index is -0.0341. The van der Waals surface area contributed by atoms with Gasteiger partial charge in [0, 0.05) is 22.5 Å². The van der Waals surface area contributed by atoms with E-state index >= 15 is 0 Å². The highest BCUT2D eigenvalue weighted by Gasteiger charge is 2.12. The van der Waals surface area contributed by atoms with Gasteiger partial charge in [-0.15, -0.1) is 17.9 Å². The lowest BCUT2D eigenvalue weighted by molar-refractivity contribution is 0.770. The zero-order valence-electron chi connectivity index (χ0n) is 10.5. The van der Waals surface area contributed by atoms with Crippen LogP contribution in [0.25, 0.3) is 21.3 Å². The van der Waals surface area contributed by atoms with Crippen LogP contribution in [0.1, 0.15) is 0 Å². The van der Waals surface area contributed by atoms with Gasteiger partial charge in [0.15, 0.2) is 0 Å². The monoisotopic (exact) mass is 302 g/mol. The summed E-state index contributed by atoms with van der Waals surface area (Å²) in [7, 11) is 0. The van der Waals surface area contributed by atoms with Gasteiger partial charge in [-0.05, 0) is 17.7 Å². The molecule has 3 nitrogen and oxygen atoms in total. The minimum absolute atomic E-state index is 0.0341. The van der Waals surface area contributed by atoms with E-state index in [0.29, 0.717) is 16.3 Å². The summed E-state index contributed by atoms with van der Waals surface area (Å²) >= 11 is 7.42. The molecule has 0 fully saturated rings. The van der Waals surface area contributed by atoms with E-state index in [1.165, 1.54) is 11.3 Å². The van der Waals surface area contributed by atoms with Crippen molar-refractivity contribution >= 4 is 33.2 Å². The number of allylic oxidation sites excluding steroid dienone is 1. The molecule has 20 heavy (non-hydrogen) atoms. The molecule has 3 rings (SSSR count). The number of nitrogens with zero attached hydrogens (tertiary/aromatic N) is 2. The van der Waals surface area contributed by atoms with Crippen LogP contribution >= 0.6 is 22.9 Å². The van der Waals surface area contributed by atoms with Gasteiger partial charge in [0.25, 0.3) is 5.56 Å². The quantitative estimate of drug-likeness (QED) is 0.686. The maximum Gasteiger partial charge on any atom is 0.271 e. The summed E-state index contributed by atoms with van der Waals surface area (Å²) in [6.45, 7) is 4.11. The molecular weight excluding hydrogens is 292 g/mol. The number of fused-ring (bicyclic) bond motifs is 1. The summed E-state index contributed by atoms with van der Waals surface area (Å²) in [5, 5.41) is 2.62. The fraction of sp³-hybridized carbons (Fsp3) is 0.0667. The molecule has 0 unspecified atom stereocenters. The van der Waals surface area contributed by atoms with Crippen LogP contribution in [0.2, 0.25) is 5.02 Å². The van der Waals surface area contributed by atoms with E-state index in [2.05, 4.69) is 11.6 Å². The number of halogens is 1. The van der Waals surface area contributed by atoms with Crippen LogP contribution in [-0.4, -0.2) is 9.55 Å². The van der Waals surface area contributed by atoms with Gasteiger partial charge >= 0.3 is 0 Å². The maximum atomic E-state index is 12.3. The summed E-state index contributed by atoms with van der Waals surface area (Å²) in [5.74, 6) is 0. The van der Waals surface area contributed by atoms with Crippen molar-refractivity contribution in [1.82, 2.24) is 9.55 Å². The van der Waals surface area contributed by atoms with Gasteiger partial charge in [-0.2, -0.15) is 0 Å². The first kappa shape index (κ1) is 13.1. The molecule has 0 amide bonds. The first-order chi connectivity index (χ1) is 9.70. The van der Waals surface area contributed by atoms with Crippen LogP contribution in [0, 0.1) is 0 Å². The number of rotatable bonds is 3. The minimum Gasteiger partial charge on any atom is -0.294 e. The van der Waals surface area contributed by atoms with E-state index in [1.807, 2.05) is 29.6 Å². The predicted octanol–water partition coefficient (Wildman–Crippen LogP) is 3.96. The molecule has 0 aliphatic rings. The SMILES string of the molecule is C=CCn1cnc2c(-c3cccc(Cl)c3)csc2c1=O. The van der Waals surface area contributed by atoms with Crippen molar-refractivity contribution in [2.45, 2.75) is 6.54 Å². The molecule has 0 saturated carbocycles.